The standard InChI is InChI=1S/C10H13BrN4S/c11-9-7-15-6-8(13-10(15)16-9)5-14-3-1-12-2-4-14/h6-7,12H,1-5H2. The summed E-state index contributed by atoms with van der Waals surface area (Å²) in [6.45, 7) is 5.39. The van der Waals surface area contributed by atoms with Crippen LogP contribution in [0, 0.1) is 0 Å². The highest BCUT2D eigenvalue weighted by Crippen LogP contribution is 2.23. The Labute approximate surface area is 106 Å². The molecule has 0 radical (unpaired) electrons. The SMILES string of the molecule is Brc1cn2cc(CN3CCNCC3)nc2s1. The predicted octanol–water partition coefficient (Wildman–Crippen LogP) is 1.56. The minimum absolute atomic E-state index is 0.966. The van der Waals surface area contributed by atoms with E-state index in [1.54, 1.807) is 11.3 Å². The summed E-state index contributed by atoms with van der Waals surface area (Å²) in [5.41, 5.74) is 1.17. The van der Waals surface area contributed by atoms with Crippen molar-refractivity contribution in [3.63, 3.8) is 0 Å². The molecule has 86 valence electrons. The highest BCUT2D eigenvalue weighted by molar-refractivity contribution is 9.11. The zero-order valence-electron chi connectivity index (χ0n) is 8.82. The summed E-state index contributed by atoms with van der Waals surface area (Å²) in [5.74, 6) is 0. The van der Waals surface area contributed by atoms with E-state index in [9.17, 15) is 0 Å². The number of imidazole rings is 1. The third kappa shape index (κ3) is 2.15. The summed E-state index contributed by atoms with van der Waals surface area (Å²) in [5, 5.41) is 3.36. The van der Waals surface area contributed by atoms with Crippen LogP contribution in [0.1, 0.15) is 5.69 Å². The quantitative estimate of drug-likeness (QED) is 0.914. The molecule has 0 saturated carbocycles. The Morgan fingerprint density at radius 2 is 2.19 bits per heavy atom. The lowest BCUT2D eigenvalue weighted by Crippen LogP contribution is -2.42. The molecule has 0 atom stereocenters. The molecule has 1 fully saturated rings. The third-order valence-corrected chi connectivity index (χ3v) is 4.25. The van der Waals surface area contributed by atoms with Gasteiger partial charge in [0, 0.05) is 45.1 Å². The third-order valence-electron chi connectivity index (χ3n) is 2.77. The zero-order valence-corrected chi connectivity index (χ0v) is 11.2. The second-order valence-electron chi connectivity index (χ2n) is 3.98. The molecule has 4 nitrogen and oxygen atoms in total. The normalized spacial score (nSPS) is 18.3. The van der Waals surface area contributed by atoms with Gasteiger partial charge >= 0.3 is 0 Å². The van der Waals surface area contributed by atoms with Gasteiger partial charge in [0.25, 0.3) is 0 Å². The Morgan fingerprint density at radius 1 is 1.38 bits per heavy atom. The van der Waals surface area contributed by atoms with E-state index >= 15 is 0 Å². The molecule has 1 N–H and O–H groups in total. The Balaban J connectivity index is 1.75. The van der Waals surface area contributed by atoms with Crippen LogP contribution in [0.2, 0.25) is 0 Å². The average molecular weight is 301 g/mol. The van der Waals surface area contributed by atoms with Crippen LogP contribution >= 0.6 is 27.3 Å². The van der Waals surface area contributed by atoms with Gasteiger partial charge in [0.05, 0.1) is 9.48 Å². The van der Waals surface area contributed by atoms with Crippen LogP contribution in [0.4, 0.5) is 0 Å². The van der Waals surface area contributed by atoms with E-state index in [1.807, 2.05) is 0 Å². The molecular weight excluding hydrogens is 288 g/mol. The fourth-order valence-corrected chi connectivity index (χ4v) is 3.36. The van der Waals surface area contributed by atoms with Crippen LogP contribution in [-0.2, 0) is 6.54 Å². The topological polar surface area (TPSA) is 32.6 Å². The van der Waals surface area contributed by atoms with Gasteiger partial charge in [0.1, 0.15) is 0 Å². The number of piperazine rings is 1. The van der Waals surface area contributed by atoms with Crippen LogP contribution < -0.4 is 5.32 Å². The number of hydrogen-bond acceptors (Lipinski definition) is 4. The molecule has 0 unspecified atom stereocenters. The van der Waals surface area contributed by atoms with Crippen LogP contribution in [0.15, 0.2) is 16.2 Å². The Hall–Kier alpha value is -0.430. The van der Waals surface area contributed by atoms with Crippen LogP contribution in [0.5, 0.6) is 0 Å². The number of thiazole rings is 1. The summed E-state index contributed by atoms with van der Waals surface area (Å²) in [6.07, 6.45) is 4.19. The number of aromatic nitrogens is 2. The fraction of sp³-hybridized carbons (Fsp3) is 0.500. The predicted molar refractivity (Wildman–Crippen MR) is 68.9 cm³/mol. The number of rotatable bonds is 2. The van der Waals surface area contributed by atoms with E-state index in [4.69, 9.17) is 0 Å². The van der Waals surface area contributed by atoms with Crippen molar-refractivity contribution in [1.82, 2.24) is 19.6 Å². The van der Waals surface area contributed by atoms with E-state index in [-0.39, 0.29) is 0 Å². The van der Waals surface area contributed by atoms with E-state index in [0.29, 0.717) is 0 Å². The maximum Gasteiger partial charge on any atom is 0.194 e. The van der Waals surface area contributed by atoms with Gasteiger partial charge in [-0.15, -0.1) is 0 Å². The first kappa shape index (κ1) is 10.7. The molecule has 6 heteroatoms. The van der Waals surface area contributed by atoms with Crippen molar-refractivity contribution in [1.29, 1.82) is 0 Å². The first-order valence-corrected chi connectivity index (χ1v) is 6.98. The summed E-state index contributed by atoms with van der Waals surface area (Å²) < 4.78 is 3.22. The average Bonchev–Trinajstić information content (AvgIpc) is 2.76. The molecule has 0 aromatic carbocycles. The molecule has 2 aromatic heterocycles. The van der Waals surface area contributed by atoms with Crippen molar-refractivity contribution >= 4 is 32.2 Å². The first-order chi connectivity index (χ1) is 7.81. The maximum atomic E-state index is 4.62. The highest BCUT2D eigenvalue weighted by Gasteiger charge is 2.12. The number of hydrogen-bond donors (Lipinski definition) is 1. The lowest BCUT2D eigenvalue weighted by molar-refractivity contribution is 0.231. The van der Waals surface area contributed by atoms with E-state index in [0.717, 1.165) is 41.5 Å². The van der Waals surface area contributed by atoms with Crippen LogP contribution in [0.3, 0.4) is 0 Å². The molecule has 3 rings (SSSR count). The molecule has 2 aromatic rings. The minimum Gasteiger partial charge on any atom is -0.314 e. The molecule has 1 aliphatic heterocycles. The molecule has 0 spiro atoms. The molecule has 0 aliphatic carbocycles. The second-order valence-corrected chi connectivity index (χ2v) is 6.37. The zero-order chi connectivity index (χ0) is 11.0. The molecule has 0 amide bonds. The van der Waals surface area contributed by atoms with Gasteiger partial charge in [-0.25, -0.2) is 4.98 Å². The van der Waals surface area contributed by atoms with Gasteiger partial charge in [0.15, 0.2) is 4.96 Å². The van der Waals surface area contributed by atoms with E-state index in [2.05, 4.69) is 47.9 Å². The van der Waals surface area contributed by atoms with Gasteiger partial charge in [-0.2, -0.15) is 0 Å². The first-order valence-electron chi connectivity index (χ1n) is 5.37. The van der Waals surface area contributed by atoms with Crippen molar-refractivity contribution < 1.29 is 0 Å². The Bertz CT molecular complexity index is 454. The van der Waals surface area contributed by atoms with E-state index in [1.165, 1.54) is 5.69 Å². The van der Waals surface area contributed by atoms with Crippen molar-refractivity contribution in [3.8, 4) is 0 Å². The molecule has 1 aliphatic rings. The van der Waals surface area contributed by atoms with Crippen LogP contribution in [0.25, 0.3) is 4.96 Å². The van der Waals surface area contributed by atoms with Crippen molar-refractivity contribution in [2.24, 2.45) is 0 Å². The van der Waals surface area contributed by atoms with Gasteiger partial charge in [-0.05, 0) is 15.9 Å². The van der Waals surface area contributed by atoms with Crippen LogP contribution in [-0.4, -0.2) is 40.5 Å². The number of nitrogens with one attached hydrogen (secondary N) is 1. The monoisotopic (exact) mass is 300 g/mol. The molecule has 1 saturated heterocycles. The van der Waals surface area contributed by atoms with Gasteiger partial charge < -0.3 is 5.32 Å². The number of halogens is 1. The van der Waals surface area contributed by atoms with Gasteiger partial charge in [-0.3, -0.25) is 9.30 Å². The lowest BCUT2D eigenvalue weighted by atomic mass is 10.3. The minimum atomic E-state index is 0.966. The lowest BCUT2D eigenvalue weighted by Gasteiger charge is -2.26. The van der Waals surface area contributed by atoms with Crippen molar-refractivity contribution in [2.75, 3.05) is 26.2 Å². The summed E-state index contributed by atoms with van der Waals surface area (Å²) in [7, 11) is 0. The summed E-state index contributed by atoms with van der Waals surface area (Å²) >= 11 is 5.14. The molecular formula is C10H13BrN4S. The molecule has 0 bridgehead atoms. The molecule has 16 heavy (non-hydrogen) atoms. The highest BCUT2D eigenvalue weighted by atomic mass is 79.9. The number of nitrogens with zero attached hydrogens (tertiary/aromatic N) is 3. The largest absolute Gasteiger partial charge is 0.314 e. The second kappa shape index (κ2) is 4.44. The fourth-order valence-electron chi connectivity index (χ4n) is 1.99. The Morgan fingerprint density at radius 3 is 2.94 bits per heavy atom. The smallest absolute Gasteiger partial charge is 0.194 e. The maximum absolute atomic E-state index is 4.62. The van der Waals surface area contributed by atoms with Gasteiger partial charge in [0.2, 0.25) is 0 Å². The van der Waals surface area contributed by atoms with Crippen molar-refractivity contribution in [2.45, 2.75) is 6.54 Å². The number of fused-ring (bicyclic) bond motifs is 1. The van der Waals surface area contributed by atoms with Gasteiger partial charge in [-0.1, -0.05) is 11.3 Å². The summed E-state index contributed by atoms with van der Waals surface area (Å²) in [6, 6.07) is 0. The summed E-state index contributed by atoms with van der Waals surface area (Å²) in [4.78, 5) is 8.13. The Kier molecular flexibility index (Phi) is 2.97. The molecule has 3 heterocycles. The van der Waals surface area contributed by atoms with Crippen molar-refractivity contribution in [3.05, 3.63) is 21.9 Å². The van der Waals surface area contributed by atoms with E-state index < -0.39 is 0 Å².